The number of hydrogen-bond acceptors (Lipinski definition) is 4. The molecule has 0 atom stereocenters. The van der Waals surface area contributed by atoms with Crippen LogP contribution in [-0.2, 0) is 12.8 Å². The van der Waals surface area contributed by atoms with Crippen LogP contribution in [0.5, 0.6) is 0 Å². The minimum Gasteiger partial charge on any atom is -0.353 e. The number of carbonyl (C=O) groups is 1. The Bertz CT molecular complexity index is 1190. The Balaban J connectivity index is 1.49. The number of aryl methyl sites for hydroxylation is 3. The molecule has 1 N–H and O–H groups in total. The lowest BCUT2D eigenvalue weighted by Gasteiger charge is -2.36. The first-order valence-electron chi connectivity index (χ1n) is 11.5. The summed E-state index contributed by atoms with van der Waals surface area (Å²) >= 11 is 6.18. The highest BCUT2D eigenvalue weighted by Crippen LogP contribution is 2.26. The first-order chi connectivity index (χ1) is 16.3. The van der Waals surface area contributed by atoms with Crippen LogP contribution in [0.2, 0.25) is 5.02 Å². The zero-order valence-corrected chi connectivity index (χ0v) is 20.5. The van der Waals surface area contributed by atoms with Gasteiger partial charge in [0.15, 0.2) is 0 Å². The van der Waals surface area contributed by atoms with Gasteiger partial charge in [-0.3, -0.25) is 0 Å². The molecule has 2 heterocycles. The Kier molecular flexibility index (Phi) is 7.32. The maximum atomic E-state index is 13.8. The van der Waals surface area contributed by atoms with Crippen LogP contribution in [-0.4, -0.2) is 47.1 Å². The van der Waals surface area contributed by atoms with Gasteiger partial charge in [0.1, 0.15) is 17.5 Å². The molecule has 34 heavy (non-hydrogen) atoms. The van der Waals surface area contributed by atoms with E-state index in [1.807, 2.05) is 32.0 Å². The highest BCUT2D eigenvalue weighted by Gasteiger charge is 2.25. The van der Waals surface area contributed by atoms with Gasteiger partial charge < -0.3 is 15.1 Å². The van der Waals surface area contributed by atoms with Gasteiger partial charge >= 0.3 is 6.03 Å². The van der Waals surface area contributed by atoms with Gasteiger partial charge in [0.2, 0.25) is 0 Å². The average Bonchev–Trinajstić information content (AvgIpc) is 2.82. The van der Waals surface area contributed by atoms with E-state index < -0.39 is 0 Å². The lowest BCUT2D eigenvalue weighted by Crippen LogP contribution is -2.50. The van der Waals surface area contributed by atoms with Crippen molar-refractivity contribution in [2.75, 3.05) is 36.4 Å². The highest BCUT2D eigenvalue weighted by molar-refractivity contribution is 6.31. The molecule has 1 fully saturated rings. The molecule has 178 valence electrons. The third kappa shape index (κ3) is 5.47. The first-order valence-corrected chi connectivity index (χ1v) is 11.9. The minimum atomic E-state index is -0.250. The average molecular weight is 482 g/mol. The molecule has 2 aromatic carbocycles. The van der Waals surface area contributed by atoms with Gasteiger partial charge in [0.05, 0.1) is 0 Å². The van der Waals surface area contributed by atoms with Crippen molar-refractivity contribution in [3.63, 3.8) is 0 Å². The van der Waals surface area contributed by atoms with E-state index in [1.54, 1.807) is 23.1 Å². The van der Waals surface area contributed by atoms with Gasteiger partial charge in [-0.15, -0.1) is 0 Å². The Morgan fingerprint density at radius 1 is 1.09 bits per heavy atom. The van der Waals surface area contributed by atoms with Crippen LogP contribution in [0.1, 0.15) is 35.1 Å². The summed E-state index contributed by atoms with van der Waals surface area (Å²) in [7, 11) is 0. The van der Waals surface area contributed by atoms with E-state index in [9.17, 15) is 9.18 Å². The zero-order chi connectivity index (χ0) is 24.2. The minimum absolute atomic E-state index is 0.146. The van der Waals surface area contributed by atoms with Crippen molar-refractivity contribution < 1.29 is 9.18 Å². The molecule has 4 rings (SSSR count). The molecule has 0 saturated carbocycles. The van der Waals surface area contributed by atoms with Gasteiger partial charge in [-0.05, 0) is 55.7 Å². The number of rotatable bonds is 5. The molecule has 1 aliphatic rings. The molecule has 2 amide bonds. The molecule has 0 radical (unpaired) electrons. The lowest BCUT2D eigenvalue weighted by molar-refractivity contribution is 0.208. The predicted molar refractivity (Wildman–Crippen MR) is 134 cm³/mol. The van der Waals surface area contributed by atoms with Crippen molar-refractivity contribution in [1.29, 1.82) is 0 Å². The summed E-state index contributed by atoms with van der Waals surface area (Å²) in [4.78, 5) is 26.2. The molecule has 3 aromatic rings. The molecule has 1 aromatic heterocycles. The predicted octanol–water partition coefficient (Wildman–Crippen LogP) is 5.39. The first kappa shape index (κ1) is 24.0. The van der Waals surface area contributed by atoms with Crippen molar-refractivity contribution in [3.8, 4) is 0 Å². The Morgan fingerprint density at radius 3 is 2.53 bits per heavy atom. The molecule has 6 nitrogen and oxygen atoms in total. The number of urea groups is 1. The summed E-state index contributed by atoms with van der Waals surface area (Å²) in [5, 5.41) is 3.56. The summed E-state index contributed by atoms with van der Waals surface area (Å²) in [6.07, 6.45) is 1.33. The second-order valence-electron chi connectivity index (χ2n) is 8.55. The molecule has 0 aliphatic carbocycles. The maximum absolute atomic E-state index is 13.8. The molecule has 1 saturated heterocycles. The summed E-state index contributed by atoms with van der Waals surface area (Å²) in [6, 6.07) is 12.0. The third-order valence-corrected chi connectivity index (χ3v) is 6.48. The summed E-state index contributed by atoms with van der Waals surface area (Å²) in [6.45, 7) is 8.32. The second-order valence-corrected chi connectivity index (χ2v) is 8.96. The van der Waals surface area contributed by atoms with Crippen molar-refractivity contribution >= 4 is 29.1 Å². The number of nitrogens with one attached hydrogen (secondary N) is 1. The van der Waals surface area contributed by atoms with Crippen LogP contribution in [0, 0.1) is 19.7 Å². The zero-order valence-electron chi connectivity index (χ0n) is 19.7. The van der Waals surface area contributed by atoms with Gasteiger partial charge in [0, 0.05) is 54.6 Å². The van der Waals surface area contributed by atoms with Crippen molar-refractivity contribution in [3.05, 3.63) is 81.5 Å². The van der Waals surface area contributed by atoms with Crippen LogP contribution >= 0.6 is 11.6 Å². The molecule has 0 spiro atoms. The van der Waals surface area contributed by atoms with E-state index in [1.165, 1.54) is 6.07 Å². The Morgan fingerprint density at radius 2 is 1.85 bits per heavy atom. The third-order valence-electron chi connectivity index (χ3n) is 6.08. The number of anilines is 2. The van der Waals surface area contributed by atoms with Crippen molar-refractivity contribution in [1.82, 2.24) is 14.9 Å². The lowest BCUT2D eigenvalue weighted by atomic mass is 10.0. The Labute approximate surface area is 204 Å². The molecule has 8 heteroatoms. The smallest absolute Gasteiger partial charge is 0.321 e. The topological polar surface area (TPSA) is 61.4 Å². The molecular formula is C26H29ClFN5O. The highest BCUT2D eigenvalue weighted by atomic mass is 35.5. The van der Waals surface area contributed by atoms with Gasteiger partial charge in [0.25, 0.3) is 0 Å². The number of aromatic nitrogens is 2. The van der Waals surface area contributed by atoms with Crippen molar-refractivity contribution in [2.24, 2.45) is 0 Å². The second kappa shape index (κ2) is 10.4. The monoisotopic (exact) mass is 481 g/mol. The van der Waals surface area contributed by atoms with E-state index in [-0.39, 0.29) is 11.8 Å². The summed E-state index contributed by atoms with van der Waals surface area (Å²) in [5.74, 6) is 1.34. The quantitative estimate of drug-likeness (QED) is 0.530. The fourth-order valence-corrected chi connectivity index (χ4v) is 4.40. The van der Waals surface area contributed by atoms with Crippen LogP contribution in [0.3, 0.4) is 0 Å². The number of carbonyl (C=O) groups excluding carboxylic acids is 1. The van der Waals surface area contributed by atoms with Crippen molar-refractivity contribution in [2.45, 2.75) is 33.6 Å². The van der Waals surface area contributed by atoms with Crippen LogP contribution in [0.25, 0.3) is 0 Å². The normalized spacial score (nSPS) is 13.8. The molecule has 1 aliphatic heterocycles. The fourth-order valence-electron chi connectivity index (χ4n) is 4.22. The molecule has 0 bridgehead atoms. The number of hydrogen-bond donors (Lipinski definition) is 1. The Hall–Kier alpha value is -3.19. The largest absolute Gasteiger partial charge is 0.353 e. The van der Waals surface area contributed by atoms with Gasteiger partial charge in [-0.2, -0.15) is 0 Å². The van der Waals surface area contributed by atoms with Crippen LogP contribution < -0.4 is 10.2 Å². The van der Waals surface area contributed by atoms with Gasteiger partial charge in [-0.25, -0.2) is 19.2 Å². The van der Waals surface area contributed by atoms with E-state index in [2.05, 4.69) is 22.1 Å². The summed E-state index contributed by atoms with van der Waals surface area (Å²) < 4.78 is 13.8. The van der Waals surface area contributed by atoms with Crippen LogP contribution in [0.4, 0.5) is 20.7 Å². The fraction of sp³-hybridized carbons (Fsp3) is 0.346. The number of nitrogens with zero attached hydrogens (tertiary/aromatic N) is 4. The maximum Gasteiger partial charge on any atom is 0.321 e. The molecule has 0 unspecified atom stereocenters. The number of halogens is 2. The molecular weight excluding hydrogens is 453 g/mol. The van der Waals surface area contributed by atoms with E-state index in [0.29, 0.717) is 49.1 Å². The number of benzene rings is 2. The number of piperazine rings is 1. The van der Waals surface area contributed by atoms with E-state index in [0.717, 1.165) is 34.6 Å². The SMILES string of the molecule is CCc1nc(C)nc(N2CCN(C(=O)Nc3ccc(C)c(Cl)c3)CC2)c1Cc1cccc(F)c1. The standard InChI is InChI=1S/C26H29ClFN5O/c1-4-24-22(15-19-6-5-7-20(28)14-19)25(30-18(3)29-24)32-10-12-33(13-11-32)26(34)31-21-9-8-17(2)23(27)16-21/h5-9,14,16H,4,10-13,15H2,1-3H3,(H,31,34). The number of amides is 2. The van der Waals surface area contributed by atoms with Crippen LogP contribution in [0.15, 0.2) is 42.5 Å². The van der Waals surface area contributed by atoms with E-state index in [4.69, 9.17) is 16.6 Å². The summed E-state index contributed by atoms with van der Waals surface area (Å²) in [5.41, 5.74) is 4.53. The van der Waals surface area contributed by atoms with E-state index >= 15 is 0 Å². The van der Waals surface area contributed by atoms with Gasteiger partial charge in [-0.1, -0.05) is 36.7 Å².